The van der Waals surface area contributed by atoms with E-state index in [-0.39, 0.29) is 6.61 Å². The molecule has 12 heavy (non-hydrogen) atoms. The van der Waals surface area contributed by atoms with E-state index in [0.717, 1.165) is 0 Å². The monoisotopic (exact) mass is 183 g/mol. The molecule has 1 atom stereocenters. The summed E-state index contributed by atoms with van der Waals surface area (Å²) in [5.74, 6) is 0. The Balaban J connectivity index is 2.47. The molecule has 5 heteroatoms. The van der Waals surface area contributed by atoms with Gasteiger partial charge in [-0.05, 0) is 12.8 Å². The second-order valence-corrected chi connectivity index (χ2v) is 3.31. The van der Waals surface area contributed by atoms with Crippen molar-refractivity contribution in [1.29, 1.82) is 0 Å². The molecule has 1 aliphatic rings. The summed E-state index contributed by atoms with van der Waals surface area (Å²) in [7, 11) is 0. The Labute approximate surface area is 68.9 Å². The van der Waals surface area contributed by atoms with E-state index in [1.807, 2.05) is 0 Å². The molecule has 0 amide bonds. The number of nitrogens with two attached hydrogens (primary N) is 1. The standard InChI is InChI=1S/C7H12F3NO/c8-7(9,10)4-6(11)2-1-3-12-5-6/h1-5,11H2. The maximum absolute atomic E-state index is 11.9. The molecule has 0 aromatic carbocycles. The van der Waals surface area contributed by atoms with Crippen LogP contribution in [0, 0.1) is 0 Å². The first-order chi connectivity index (χ1) is 5.41. The van der Waals surface area contributed by atoms with Crippen LogP contribution in [0.5, 0.6) is 0 Å². The molecule has 0 aromatic rings. The summed E-state index contributed by atoms with van der Waals surface area (Å²) in [5.41, 5.74) is 4.32. The Morgan fingerprint density at radius 3 is 2.50 bits per heavy atom. The molecule has 2 nitrogen and oxygen atoms in total. The smallest absolute Gasteiger partial charge is 0.380 e. The fourth-order valence-corrected chi connectivity index (χ4v) is 1.41. The third-order valence-electron chi connectivity index (χ3n) is 1.91. The van der Waals surface area contributed by atoms with Gasteiger partial charge in [-0.3, -0.25) is 0 Å². The normalized spacial score (nSPS) is 32.0. The Morgan fingerprint density at radius 2 is 2.08 bits per heavy atom. The first kappa shape index (κ1) is 9.80. The zero-order valence-electron chi connectivity index (χ0n) is 6.66. The van der Waals surface area contributed by atoms with Gasteiger partial charge < -0.3 is 10.5 Å². The van der Waals surface area contributed by atoms with E-state index in [0.29, 0.717) is 19.4 Å². The van der Waals surface area contributed by atoms with Gasteiger partial charge in [-0.2, -0.15) is 13.2 Å². The lowest BCUT2D eigenvalue weighted by molar-refractivity contribution is -0.157. The molecule has 1 fully saturated rings. The number of hydrogen-bond acceptors (Lipinski definition) is 2. The maximum Gasteiger partial charge on any atom is 0.390 e. The van der Waals surface area contributed by atoms with Gasteiger partial charge in [-0.15, -0.1) is 0 Å². The van der Waals surface area contributed by atoms with E-state index in [9.17, 15) is 13.2 Å². The van der Waals surface area contributed by atoms with Gasteiger partial charge in [-0.1, -0.05) is 0 Å². The van der Waals surface area contributed by atoms with Crippen molar-refractivity contribution in [2.45, 2.75) is 31.0 Å². The topological polar surface area (TPSA) is 35.2 Å². The number of alkyl halides is 3. The van der Waals surface area contributed by atoms with Gasteiger partial charge in [0.1, 0.15) is 0 Å². The van der Waals surface area contributed by atoms with Crippen LogP contribution in [0.25, 0.3) is 0 Å². The molecule has 1 rings (SSSR count). The minimum Gasteiger partial charge on any atom is -0.380 e. The van der Waals surface area contributed by atoms with Gasteiger partial charge in [0.2, 0.25) is 0 Å². The van der Waals surface area contributed by atoms with Crippen LogP contribution in [0.1, 0.15) is 19.3 Å². The van der Waals surface area contributed by atoms with Crippen molar-refractivity contribution < 1.29 is 17.9 Å². The second kappa shape index (κ2) is 3.22. The lowest BCUT2D eigenvalue weighted by atomic mass is 9.90. The minimum absolute atomic E-state index is 0.0203. The second-order valence-electron chi connectivity index (χ2n) is 3.31. The third-order valence-corrected chi connectivity index (χ3v) is 1.91. The maximum atomic E-state index is 11.9. The van der Waals surface area contributed by atoms with Gasteiger partial charge in [0.25, 0.3) is 0 Å². The van der Waals surface area contributed by atoms with E-state index >= 15 is 0 Å². The predicted octanol–water partition coefficient (Wildman–Crippen LogP) is 1.45. The van der Waals surface area contributed by atoms with Crippen molar-refractivity contribution >= 4 is 0 Å². The lowest BCUT2D eigenvalue weighted by Crippen LogP contribution is -2.50. The highest BCUT2D eigenvalue weighted by molar-refractivity contribution is 4.88. The number of ether oxygens (including phenoxy) is 1. The highest BCUT2D eigenvalue weighted by Crippen LogP contribution is 2.30. The zero-order valence-corrected chi connectivity index (χ0v) is 6.66. The van der Waals surface area contributed by atoms with Crippen molar-refractivity contribution in [3.05, 3.63) is 0 Å². The van der Waals surface area contributed by atoms with Gasteiger partial charge in [0, 0.05) is 12.1 Å². The molecule has 0 spiro atoms. The molecule has 0 radical (unpaired) electrons. The molecule has 1 saturated heterocycles. The Bertz CT molecular complexity index is 151. The van der Waals surface area contributed by atoms with E-state index in [4.69, 9.17) is 10.5 Å². The summed E-state index contributed by atoms with van der Waals surface area (Å²) in [6.45, 7) is 0.545. The summed E-state index contributed by atoms with van der Waals surface area (Å²) in [6.07, 6.45) is -4.12. The lowest BCUT2D eigenvalue weighted by Gasteiger charge is -2.33. The van der Waals surface area contributed by atoms with Gasteiger partial charge in [-0.25, -0.2) is 0 Å². The van der Waals surface area contributed by atoms with Gasteiger partial charge >= 0.3 is 6.18 Å². The summed E-state index contributed by atoms with van der Waals surface area (Å²) < 4.78 is 40.8. The predicted molar refractivity (Wildman–Crippen MR) is 37.6 cm³/mol. The molecule has 0 aromatic heterocycles. The summed E-state index contributed by atoms with van der Waals surface area (Å²) in [5, 5.41) is 0. The molecule has 2 N–H and O–H groups in total. The van der Waals surface area contributed by atoms with Crippen molar-refractivity contribution in [3.63, 3.8) is 0 Å². The molecule has 0 saturated carbocycles. The number of halogens is 3. The number of rotatable bonds is 1. The van der Waals surface area contributed by atoms with Crippen LogP contribution in [-0.2, 0) is 4.74 Å². The summed E-state index contributed by atoms with van der Waals surface area (Å²) in [6, 6.07) is 0. The van der Waals surface area contributed by atoms with Crippen molar-refractivity contribution in [2.75, 3.05) is 13.2 Å². The van der Waals surface area contributed by atoms with Crippen LogP contribution in [-0.4, -0.2) is 24.9 Å². The molecule has 1 unspecified atom stereocenters. The molecule has 1 aliphatic heterocycles. The third kappa shape index (κ3) is 2.98. The van der Waals surface area contributed by atoms with Crippen molar-refractivity contribution in [3.8, 4) is 0 Å². The summed E-state index contributed by atoms with van der Waals surface area (Å²) >= 11 is 0. The van der Waals surface area contributed by atoms with Gasteiger partial charge in [0.05, 0.1) is 13.0 Å². The zero-order chi connectivity index (χ0) is 9.24. The largest absolute Gasteiger partial charge is 0.390 e. The molecular formula is C7H12F3NO. The molecular weight excluding hydrogens is 171 g/mol. The Morgan fingerprint density at radius 1 is 1.42 bits per heavy atom. The number of hydrogen-bond donors (Lipinski definition) is 1. The quantitative estimate of drug-likeness (QED) is 0.667. The summed E-state index contributed by atoms with van der Waals surface area (Å²) in [4.78, 5) is 0. The van der Waals surface area contributed by atoms with E-state index < -0.39 is 18.1 Å². The fourth-order valence-electron chi connectivity index (χ4n) is 1.41. The Kier molecular flexibility index (Phi) is 2.63. The fraction of sp³-hybridized carbons (Fsp3) is 1.00. The van der Waals surface area contributed by atoms with Crippen LogP contribution in [0.2, 0.25) is 0 Å². The van der Waals surface area contributed by atoms with Gasteiger partial charge in [0.15, 0.2) is 0 Å². The van der Waals surface area contributed by atoms with E-state index in [2.05, 4.69) is 0 Å². The van der Waals surface area contributed by atoms with Crippen molar-refractivity contribution in [2.24, 2.45) is 5.73 Å². The Hall–Kier alpha value is -0.290. The highest BCUT2D eigenvalue weighted by Gasteiger charge is 2.40. The van der Waals surface area contributed by atoms with Crippen LogP contribution in [0.4, 0.5) is 13.2 Å². The average molecular weight is 183 g/mol. The first-order valence-electron chi connectivity index (χ1n) is 3.85. The molecule has 1 heterocycles. The van der Waals surface area contributed by atoms with Crippen LogP contribution in [0.15, 0.2) is 0 Å². The first-order valence-corrected chi connectivity index (χ1v) is 3.85. The molecule has 0 bridgehead atoms. The van der Waals surface area contributed by atoms with Crippen molar-refractivity contribution in [1.82, 2.24) is 0 Å². The van der Waals surface area contributed by atoms with Crippen LogP contribution < -0.4 is 5.73 Å². The van der Waals surface area contributed by atoms with Crippen LogP contribution in [0.3, 0.4) is 0 Å². The van der Waals surface area contributed by atoms with E-state index in [1.54, 1.807) is 0 Å². The minimum atomic E-state index is -4.19. The van der Waals surface area contributed by atoms with Crippen LogP contribution >= 0.6 is 0 Å². The SMILES string of the molecule is NC1(CC(F)(F)F)CCCOC1. The van der Waals surface area contributed by atoms with E-state index in [1.165, 1.54) is 0 Å². The molecule has 72 valence electrons. The molecule has 0 aliphatic carbocycles. The highest BCUT2D eigenvalue weighted by atomic mass is 19.4. The average Bonchev–Trinajstić information content (AvgIpc) is 1.83.